The number of thioether (sulfide) groups is 1. The Labute approximate surface area is 353 Å². The van der Waals surface area contributed by atoms with Gasteiger partial charge in [0.2, 0.25) is 5.69 Å². The minimum absolute atomic E-state index is 0.212. The molecule has 0 aromatic heterocycles. The molecule has 3 N–H and O–H groups in total. The number of benzene rings is 2. The predicted molar refractivity (Wildman–Crippen MR) is 236 cm³/mol. The van der Waals surface area contributed by atoms with Gasteiger partial charge in [-0.1, -0.05) is 67.4 Å². The van der Waals surface area contributed by atoms with E-state index in [2.05, 4.69) is 119 Å². The number of rotatable bonds is 19. The molecule has 316 valence electrons. The summed E-state index contributed by atoms with van der Waals surface area (Å²) in [5.41, 5.74) is 8.62. The number of ether oxygens (including phenoxy) is 1. The molecule has 58 heavy (non-hydrogen) atoms. The molecule has 2 aromatic rings. The van der Waals surface area contributed by atoms with Gasteiger partial charge in [-0.25, -0.2) is 10.1 Å². The van der Waals surface area contributed by atoms with E-state index in [0.29, 0.717) is 37.4 Å². The van der Waals surface area contributed by atoms with E-state index >= 15 is 0 Å². The van der Waals surface area contributed by atoms with Crippen molar-refractivity contribution in [2.24, 2.45) is 0 Å². The van der Waals surface area contributed by atoms with Gasteiger partial charge in [-0.15, -0.1) is 16.1 Å². The number of carbonyl (C=O) groups is 1. The molecule has 0 unspecified atom stereocenters. The van der Waals surface area contributed by atoms with Crippen LogP contribution in [0.4, 0.5) is 16.2 Å². The van der Waals surface area contributed by atoms with Gasteiger partial charge in [0.05, 0.1) is 11.2 Å². The van der Waals surface area contributed by atoms with Crippen LogP contribution in [0, 0.1) is 0 Å². The van der Waals surface area contributed by atoms with Crippen molar-refractivity contribution in [3.8, 4) is 0 Å². The average molecular weight is 855 g/mol. The number of nitrogens with one attached hydrogen (secondary N) is 1. The van der Waals surface area contributed by atoms with Crippen LogP contribution in [0.3, 0.4) is 0 Å². The summed E-state index contributed by atoms with van der Waals surface area (Å²) in [5.74, 6) is 1.11. The number of amides is 1. The molecule has 14 heteroatoms. The van der Waals surface area contributed by atoms with Crippen molar-refractivity contribution in [1.29, 1.82) is 0 Å². The molecular weight excluding hydrogens is 795 g/mol. The highest BCUT2D eigenvalue weighted by atomic mass is 32.2. The minimum atomic E-state index is -4.02. The van der Waals surface area contributed by atoms with Crippen molar-refractivity contribution in [2.75, 3.05) is 41.8 Å². The normalized spacial score (nSPS) is 18.9. The lowest BCUT2D eigenvalue weighted by molar-refractivity contribution is -0.438. The Morgan fingerprint density at radius 1 is 0.931 bits per heavy atom. The second-order valence-corrected chi connectivity index (χ2v) is 20.3. The Hall–Kier alpha value is -3.37. The summed E-state index contributed by atoms with van der Waals surface area (Å²) in [4.78, 5) is 16.1. The van der Waals surface area contributed by atoms with Crippen LogP contribution in [-0.2, 0) is 35.1 Å². The molecule has 1 aliphatic carbocycles. The Kier molecular flexibility index (Phi) is 15.6. The maximum absolute atomic E-state index is 12.5. The third kappa shape index (κ3) is 11.7. The van der Waals surface area contributed by atoms with E-state index in [-0.39, 0.29) is 16.6 Å². The third-order valence-electron chi connectivity index (χ3n) is 10.7. The van der Waals surface area contributed by atoms with Crippen LogP contribution in [0.2, 0.25) is 0 Å². The van der Waals surface area contributed by atoms with E-state index in [1.54, 1.807) is 11.8 Å². The SMILES string of the molecule is CC(C)(C)OC(=O)NCCSC1=C(C=CC2=[N+](CCCCS(=O)(=O)O)c3ccccc3C2(C)C)CCC1=CC=C1N(CCCCSOOO)c2ccccc2C1(C)C. The van der Waals surface area contributed by atoms with Gasteiger partial charge in [-0.3, -0.25) is 4.55 Å². The summed E-state index contributed by atoms with van der Waals surface area (Å²) in [6.07, 6.45) is 13.2. The number of unbranched alkanes of at least 4 members (excludes halogenated alkanes) is 2. The summed E-state index contributed by atoms with van der Waals surface area (Å²) in [5, 5.41) is 15.1. The molecule has 0 spiro atoms. The number of hydrogen-bond acceptors (Lipinski definition) is 10. The van der Waals surface area contributed by atoms with Crippen molar-refractivity contribution in [2.45, 2.75) is 103 Å². The molecule has 2 aliphatic heterocycles. The molecule has 1 amide bonds. The van der Waals surface area contributed by atoms with Crippen LogP contribution in [0.15, 0.2) is 94.6 Å². The predicted octanol–water partition coefficient (Wildman–Crippen LogP) is 10.1. The molecule has 0 radical (unpaired) electrons. The monoisotopic (exact) mass is 854 g/mol. The van der Waals surface area contributed by atoms with Crippen molar-refractivity contribution in [1.82, 2.24) is 5.32 Å². The first-order valence-corrected chi connectivity index (χ1v) is 23.5. The molecule has 5 rings (SSSR count). The van der Waals surface area contributed by atoms with Crippen molar-refractivity contribution in [3.63, 3.8) is 0 Å². The summed E-state index contributed by atoms with van der Waals surface area (Å²) in [6, 6.07) is 17.0. The van der Waals surface area contributed by atoms with Gasteiger partial charge in [-0.2, -0.15) is 13.0 Å². The molecule has 11 nitrogen and oxygen atoms in total. The van der Waals surface area contributed by atoms with E-state index in [0.717, 1.165) is 55.7 Å². The Morgan fingerprint density at radius 2 is 1.66 bits per heavy atom. The lowest BCUT2D eigenvalue weighted by Gasteiger charge is -2.27. The van der Waals surface area contributed by atoms with Gasteiger partial charge >= 0.3 is 6.09 Å². The molecule has 3 aliphatic rings. The second-order valence-electron chi connectivity index (χ2n) is 16.8. The van der Waals surface area contributed by atoms with Gasteiger partial charge in [0.15, 0.2) is 5.71 Å². The molecule has 2 heterocycles. The first-order chi connectivity index (χ1) is 27.4. The topological polar surface area (TPSA) is 138 Å². The Morgan fingerprint density at radius 3 is 2.38 bits per heavy atom. The number of allylic oxidation sites excluding steroid dienone is 7. The zero-order valence-corrected chi connectivity index (χ0v) is 37.3. The molecule has 0 atom stereocenters. The third-order valence-corrected chi connectivity index (χ3v) is 13.4. The van der Waals surface area contributed by atoms with Crippen molar-refractivity contribution >= 4 is 57.1 Å². The van der Waals surface area contributed by atoms with E-state index in [4.69, 9.17) is 9.99 Å². The van der Waals surface area contributed by atoms with Crippen LogP contribution in [0.5, 0.6) is 0 Å². The Bertz CT molecular complexity index is 2060. The van der Waals surface area contributed by atoms with Crippen LogP contribution < -0.4 is 10.2 Å². The standard InChI is InChI=1S/C44H59N3O8S3/c1-42(2,3)53-41(48)45-26-30-56-40-32(22-24-38-43(4,5)34-16-8-10-18-36(34)46(38)27-12-14-29-57-55-54-49)20-21-33(40)23-25-39-44(6,7)35-17-9-11-19-37(35)47(39)28-13-15-31-58(50,51)52/h8-11,16-19,22-25H,12-15,20-21,26-31H2,1-7H3,(H2-,45,48,49,50,51,52)/p+1. The fourth-order valence-corrected chi connectivity index (χ4v) is 10.1. The smallest absolute Gasteiger partial charge is 0.407 e. The van der Waals surface area contributed by atoms with Crippen molar-refractivity contribution in [3.05, 3.63) is 106 Å². The average Bonchev–Trinajstić information content (AvgIpc) is 3.71. The molecule has 0 fully saturated rings. The minimum Gasteiger partial charge on any atom is -0.444 e. The molecular formula is C44H60N3O8S3+. The van der Waals surface area contributed by atoms with Gasteiger partial charge in [-0.05, 0) is 95.6 Å². The van der Waals surface area contributed by atoms with Crippen LogP contribution in [-0.4, -0.2) is 77.1 Å². The second kappa shape index (κ2) is 19.8. The zero-order chi connectivity index (χ0) is 42.1. The highest BCUT2D eigenvalue weighted by molar-refractivity contribution is 8.03. The molecule has 0 bridgehead atoms. The number of fused-ring (bicyclic) bond motifs is 2. The quantitative estimate of drug-likeness (QED) is 0.0311. The number of nitrogens with zero attached hydrogens (tertiary/aromatic N) is 2. The molecule has 0 saturated heterocycles. The lowest BCUT2D eigenvalue weighted by Crippen LogP contribution is -2.33. The molecule has 2 aromatic carbocycles. The number of anilines is 1. The maximum Gasteiger partial charge on any atom is 0.407 e. The fourth-order valence-electron chi connectivity index (χ4n) is 7.99. The number of carbonyl (C=O) groups excluding carboxylic acids is 1. The largest absolute Gasteiger partial charge is 0.444 e. The van der Waals surface area contributed by atoms with Gasteiger partial charge in [0.1, 0.15) is 12.1 Å². The van der Waals surface area contributed by atoms with E-state index in [9.17, 15) is 17.8 Å². The molecule has 0 saturated carbocycles. The highest BCUT2D eigenvalue weighted by Crippen LogP contribution is 2.48. The summed E-state index contributed by atoms with van der Waals surface area (Å²) < 4.78 is 44.6. The van der Waals surface area contributed by atoms with Crippen LogP contribution in [0.1, 0.15) is 98.1 Å². The summed E-state index contributed by atoms with van der Waals surface area (Å²) >= 11 is 2.83. The van der Waals surface area contributed by atoms with E-state index in [1.807, 2.05) is 26.8 Å². The first kappa shape index (κ1) is 45.7. The number of hydrogen-bond donors (Lipinski definition) is 3. The summed E-state index contributed by atoms with van der Waals surface area (Å²) in [7, 11) is -4.02. The zero-order valence-electron chi connectivity index (χ0n) is 34.9. The van der Waals surface area contributed by atoms with Gasteiger partial charge < -0.3 is 15.0 Å². The lowest BCUT2D eigenvalue weighted by atomic mass is 9.81. The van der Waals surface area contributed by atoms with Crippen molar-refractivity contribution < 1.29 is 41.7 Å². The van der Waals surface area contributed by atoms with Gasteiger partial charge in [0.25, 0.3) is 10.1 Å². The maximum atomic E-state index is 12.5. The Balaban J connectivity index is 1.47. The fraction of sp³-hybridized carbons (Fsp3) is 0.500. The van der Waals surface area contributed by atoms with Gasteiger partial charge in [0, 0.05) is 82.5 Å². The van der Waals surface area contributed by atoms with Crippen LogP contribution >= 0.6 is 23.8 Å². The van der Waals surface area contributed by atoms with Crippen LogP contribution in [0.25, 0.3) is 0 Å². The summed E-state index contributed by atoms with van der Waals surface area (Å²) in [6.45, 7) is 16.5. The van der Waals surface area contributed by atoms with E-state index in [1.165, 1.54) is 38.6 Å². The number of alkyl carbamates (subject to hydrolysis) is 1. The first-order valence-electron chi connectivity index (χ1n) is 20.0. The number of para-hydroxylation sites is 2. The highest BCUT2D eigenvalue weighted by Gasteiger charge is 2.44. The van der Waals surface area contributed by atoms with E-state index < -0.39 is 21.8 Å².